The quantitative estimate of drug-likeness (QED) is 0.845. The second-order valence-electron chi connectivity index (χ2n) is 4.13. The van der Waals surface area contributed by atoms with E-state index in [1.165, 1.54) is 4.31 Å². The number of nitrogens with one attached hydrogen (secondary N) is 1. The van der Waals surface area contributed by atoms with Crippen LogP contribution in [0.25, 0.3) is 0 Å². The lowest BCUT2D eigenvalue weighted by atomic mass is 10.4. The van der Waals surface area contributed by atoms with Crippen molar-refractivity contribution in [3.8, 4) is 0 Å². The van der Waals surface area contributed by atoms with Crippen molar-refractivity contribution in [2.75, 3.05) is 13.1 Å². The highest BCUT2D eigenvalue weighted by Crippen LogP contribution is 2.16. The minimum Gasteiger partial charge on any atom is -0.338 e. The maximum absolute atomic E-state index is 11.9. The fourth-order valence-corrected chi connectivity index (χ4v) is 3.20. The summed E-state index contributed by atoms with van der Waals surface area (Å²) in [5, 5.41) is 3.63. The zero-order chi connectivity index (χ0) is 12.5. The van der Waals surface area contributed by atoms with Crippen LogP contribution in [0.2, 0.25) is 0 Å². The number of aromatic nitrogens is 2. The van der Waals surface area contributed by atoms with Crippen molar-refractivity contribution in [3.63, 3.8) is 0 Å². The Bertz CT molecular complexity index is 478. The molecule has 0 saturated carbocycles. The topological polar surface area (TPSA) is 88.3 Å². The van der Waals surface area contributed by atoms with Crippen LogP contribution >= 0.6 is 0 Å². The summed E-state index contributed by atoms with van der Waals surface area (Å²) in [7, 11) is -3.44. The first kappa shape index (κ1) is 12.5. The first-order valence-electron chi connectivity index (χ1n) is 5.56. The van der Waals surface area contributed by atoms with E-state index >= 15 is 0 Å². The minimum absolute atomic E-state index is 0.283. The Morgan fingerprint density at radius 2 is 2.06 bits per heavy atom. The van der Waals surface area contributed by atoms with Crippen molar-refractivity contribution in [3.05, 3.63) is 11.7 Å². The standard InChI is InChI=1S/C9H16N4O3S/c1-7(9-10-8(2)11-16-9)12-17(14,15)13-5-3-4-6-13/h7,12H,3-6H2,1-2H3/t7-/m0/s1. The van der Waals surface area contributed by atoms with Gasteiger partial charge < -0.3 is 4.52 Å². The lowest BCUT2D eigenvalue weighted by Gasteiger charge is -2.18. The molecule has 1 aromatic heterocycles. The third-order valence-electron chi connectivity index (χ3n) is 2.64. The highest BCUT2D eigenvalue weighted by molar-refractivity contribution is 7.87. The number of hydrogen-bond donors (Lipinski definition) is 1. The van der Waals surface area contributed by atoms with E-state index in [2.05, 4.69) is 14.9 Å². The molecule has 1 atom stereocenters. The lowest BCUT2D eigenvalue weighted by molar-refractivity contribution is 0.347. The molecule has 7 nitrogen and oxygen atoms in total. The smallest absolute Gasteiger partial charge is 0.280 e. The Morgan fingerprint density at radius 3 is 2.59 bits per heavy atom. The Labute approximate surface area is 100 Å². The van der Waals surface area contributed by atoms with Crippen molar-refractivity contribution in [2.45, 2.75) is 32.7 Å². The van der Waals surface area contributed by atoms with Gasteiger partial charge in [-0.05, 0) is 26.7 Å². The second kappa shape index (κ2) is 4.71. The molecule has 8 heteroatoms. The van der Waals surface area contributed by atoms with Crippen molar-refractivity contribution >= 4 is 10.2 Å². The Morgan fingerprint density at radius 1 is 1.41 bits per heavy atom. The molecule has 96 valence electrons. The first-order valence-corrected chi connectivity index (χ1v) is 7.00. The molecule has 0 spiro atoms. The van der Waals surface area contributed by atoms with Gasteiger partial charge in [0, 0.05) is 13.1 Å². The summed E-state index contributed by atoms with van der Waals surface area (Å²) < 4.78 is 32.8. The van der Waals surface area contributed by atoms with E-state index in [4.69, 9.17) is 4.52 Å². The molecule has 17 heavy (non-hydrogen) atoms. The van der Waals surface area contributed by atoms with E-state index in [1.54, 1.807) is 13.8 Å². The Hall–Kier alpha value is -0.990. The van der Waals surface area contributed by atoms with Crippen LogP contribution in [0, 0.1) is 6.92 Å². The maximum atomic E-state index is 11.9. The van der Waals surface area contributed by atoms with Crippen LogP contribution in [0.3, 0.4) is 0 Å². The summed E-state index contributed by atoms with van der Waals surface area (Å²) in [5.41, 5.74) is 0. The van der Waals surface area contributed by atoms with E-state index < -0.39 is 16.3 Å². The van der Waals surface area contributed by atoms with Crippen molar-refractivity contribution < 1.29 is 12.9 Å². The molecule has 0 radical (unpaired) electrons. The summed E-state index contributed by atoms with van der Waals surface area (Å²) >= 11 is 0. The third kappa shape index (κ3) is 2.82. The summed E-state index contributed by atoms with van der Waals surface area (Å²) in [5.74, 6) is 0.775. The van der Waals surface area contributed by atoms with Crippen LogP contribution in [0.4, 0.5) is 0 Å². The van der Waals surface area contributed by atoms with Gasteiger partial charge in [-0.3, -0.25) is 0 Å². The highest BCUT2D eigenvalue weighted by atomic mass is 32.2. The zero-order valence-corrected chi connectivity index (χ0v) is 10.7. The molecule has 0 aromatic carbocycles. The molecular weight excluding hydrogens is 244 g/mol. The minimum atomic E-state index is -3.44. The van der Waals surface area contributed by atoms with Crippen LogP contribution in [0.1, 0.15) is 37.5 Å². The number of hydrogen-bond acceptors (Lipinski definition) is 5. The van der Waals surface area contributed by atoms with Crippen LogP contribution in [-0.4, -0.2) is 36.0 Å². The van der Waals surface area contributed by atoms with Gasteiger partial charge in [-0.15, -0.1) is 0 Å². The van der Waals surface area contributed by atoms with Gasteiger partial charge in [0.15, 0.2) is 5.82 Å². The monoisotopic (exact) mass is 260 g/mol. The van der Waals surface area contributed by atoms with E-state index in [0.29, 0.717) is 18.9 Å². The summed E-state index contributed by atoms with van der Waals surface area (Å²) in [6, 6.07) is -0.512. The molecule has 1 aliphatic heterocycles. The maximum Gasteiger partial charge on any atom is 0.280 e. The summed E-state index contributed by atoms with van der Waals surface area (Å²) in [6.07, 6.45) is 1.82. The fourth-order valence-electron chi connectivity index (χ4n) is 1.77. The van der Waals surface area contributed by atoms with E-state index in [9.17, 15) is 8.42 Å². The van der Waals surface area contributed by atoms with Crippen molar-refractivity contribution in [1.29, 1.82) is 0 Å². The van der Waals surface area contributed by atoms with E-state index in [-0.39, 0.29) is 5.89 Å². The highest BCUT2D eigenvalue weighted by Gasteiger charge is 2.28. The lowest BCUT2D eigenvalue weighted by Crippen LogP contribution is -2.40. The van der Waals surface area contributed by atoms with Gasteiger partial charge in [0.25, 0.3) is 10.2 Å². The van der Waals surface area contributed by atoms with Gasteiger partial charge in [-0.2, -0.15) is 22.4 Å². The van der Waals surface area contributed by atoms with E-state index in [1.807, 2.05) is 0 Å². The number of rotatable bonds is 4. The normalized spacial score (nSPS) is 19.6. The van der Waals surface area contributed by atoms with Crippen LogP contribution < -0.4 is 4.72 Å². The molecular formula is C9H16N4O3S. The molecule has 1 saturated heterocycles. The molecule has 2 rings (SSSR count). The molecule has 1 aromatic rings. The summed E-state index contributed by atoms with van der Waals surface area (Å²) in [4.78, 5) is 4.00. The van der Waals surface area contributed by atoms with Gasteiger partial charge in [-0.1, -0.05) is 5.16 Å². The zero-order valence-electron chi connectivity index (χ0n) is 9.88. The average molecular weight is 260 g/mol. The van der Waals surface area contributed by atoms with Crippen molar-refractivity contribution in [1.82, 2.24) is 19.2 Å². The summed E-state index contributed by atoms with van der Waals surface area (Å²) in [6.45, 7) is 4.52. The SMILES string of the molecule is Cc1noc([C@H](C)NS(=O)(=O)N2CCCC2)n1. The van der Waals surface area contributed by atoms with Gasteiger partial charge in [0.1, 0.15) is 0 Å². The molecule has 1 N–H and O–H groups in total. The van der Waals surface area contributed by atoms with Crippen LogP contribution in [0.15, 0.2) is 4.52 Å². The molecule has 0 bridgehead atoms. The molecule has 1 aliphatic rings. The molecule has 1 fully saturated rings. The number of aryl methyl sites for hydroxylation is 1. The molecule has 0 amide bonds. The van der Waals surface area contributed by atoms with Gasteiger partial charge in [-0.25, -0.2) is 0 Å². The largest absolute Gasteiger partial charge is 0.338 e. The molecule has 0 aliphatic carbocycles. The Balaban J connectivity index is 2.05. The first-order chi connectivity index (χ1) is 7.99. The average Bonchev–Trinajstić information content (AvgIpc) is 2.86. The van der Waals surface area contributed by atoms with Crippen molar-refractivity contribution in [2.24, 2.45) is 0 Å². The molecule has 2 heterocycles. The number of nitrogens with zero attached hydrogens (tertiary/aromatic N) is 3. The Kier molecular flexibility index (Phi) is 3.45. The van der Waals surface area contributed by atoms with Gasteiger partial charge in [0.2, 0.25) is 5.89 Å². The van der Waals surface area contributed by atoms with Crippen LogP contribution in [0.5, 0.6) is 0 Å². The fraction of sp³-hybridized carbons (Fsp3) is 0.778. The molecule has 0 unspecified atom stereocenters. The van der Waals surface area contributed by atoms with Gasteiger partial charge >= 0.3 is 0 Å². The third-order valence-corrected chi connectivity index (χ3v) is 4.34. The van der Waals surface area contributed by atoms with E-state index in [0.717, 1.165) is 12.8 Å². The predicted octanol–water partition coefficient (Wildman–Crippen LogP) is 0.369. The second-order valence-corrected chi connectivity index (χ2v) is 5.83. The predicted molar refractivity (Wildman–Crippen MR) is 60.3 cm³/mol. The van der Waals surface area contributed by atoms with Crippen LogP contribution in [-0.2, 0) is 10.2 Å². The van der Waals surface area contributed by atoms with Gasteiger partial charge in [0.05, 0.1) is 6.04 Å².